The van der Waals surface area contributed by atoms with E-state index in [1.54, 1.807) is 10.7 Å². The number of ether oxygens (including phenoxy) is 1. The SMILES string of the molecule is CCCC(C)Oc1nc(N)c2ncc(Cc3ccc(C4CCNCC4)nc3F)n2n1. The number of nitrogen functional groups attached to an aromatic ring is 1. The number of rotatable bonds is 7. The number of aromatic nitrogens is 5. The average molecular weight is 414 g/mol. The predicted octanol–water partition coefficient (Wildman–Crippen LogP) is 2.87. The molecule has 8 nitrogen and oxygen atoms in total. The van der Waals surface area contributed by atoms with Crippen molar-refractivity contribution in [2.45, 2.75) is 58.0 Å². The first kappa shape index (κ1) is 20.5. The molecule has 0 amide bonds. The Morgan fingerprint density at radius 1 is 1.30 bits per heavy atom. The van der Waals surface area contributed by atoms with Crippen molar-refractivity contribution in [2.75, 3.05) is 18.8 Å². The van der Waals surface area contributed by atoms with Crippen LogP contribution in [0.3, 0.4) is 0 Å². The third-order valence-electron chi connectivity index (χ3n) is 5.52. The van der Waals surface area contributed by atoms with Gasteiger partial charge in [-0.3, -0.25) is 0 Å². The zero-order valence-corrected chi connectivity index (χ0v) is 17.4. The van der Waals surface area contributed by atoms with E-state index in [9.17, 15) is 4.39 Å². The highest BCUT2D eigenvalue weighted by atomic mass is 19.1. The molecule has 0 bridgehead atoms. The largest absolute Gasteiger partial charge is 0.459 e. The van der Waals surface area contributed by atoms with Crippen LogP contribution in [0.5, 0.6) is 6.01 Å². The van der Waals surface area contributed by atoms with Crippen LogP contribution in [0.1, 0.15) is 62.4 Å². The van der Waals surface area contributed by atoms with Crippen LogP contribution in [-0.4, -0.2) is 43.8 Å². The Morgan fingerprint density at radius 2 is 2.10 bits per heavy atom. The Hall–Kier alpha value is -2.81. The smallest absolute Gasteiger partial charge is 0.336 e. The quantitative estimate of drug-likeness (QED) is 0.574. The monoisotopic (exact) mass is 413 g/mol. The first-order chi connectivity index (χ1) is 14.5. The molecule has 0 saturated carbocycles. The van der Waals surface area contributed by atoms with Crippen LogP contribution < -0.4 is 15.8 Å². The molecule has 160 valence electrons. The van der Waals surface area contributed by atoms with E-state index in [1.165, 1.54) is 0 Å². The predicted molar refractivity (Wildman–Crippen MR) is 112 cm³/mol. The molecule has 0 aliphatic carbocycles. The van der Waals surface area contributed by atoms with Crippen LogP contribution >= 0.6 is 0 Å². The molecule has 30 heavy (non-hydrogen) atoms. The van der Waals surface area contributed by atoms with Gasteiger partial charge in [0.1, 0.15) is 0 Å². The van der Waals surface area contributed by atoms with Gasteiger partial charge in [-0.05, 0) is 45.3 Å². The van der Waals surface area contributed by atoms with Crippen molar-refractivity contribution in [3.05, 3.63) is 41.2 Å². The summed E-state index contributed by atoms with van der Waals surface area (Å²) < 4.78 is 22.1. The number of fused-ring (bicyclic) bond motifs is 1. The summed E-state index contributed by atoms with van der Waals surface area (Å²) >= 11 is 0. The lowest BCUT2D eigenvalue weighted by molar-refractivity contribution is 0.189. The van der Waals surface area contributed by atoms with E-state index in [0.717, 1.165) is 44.5 Å². The molecule has 3 N–H and O–H groups in total. The van der Waals surface area contributed by atoms with Gasteiger partial charge in [-0.2, -0.15) is 9.37 Å². The molecule has 0 radical (unpaired) electrons. The number of hydrogen-bond donors (Lipinski definition) is 2. The first-order valence-electron chi connectivity index (χ1n) is 10.6. The Labute approximate surface area is 175 Å². The van der Waals surface area contributed by atoms with E-state index in [0.29, 0.717) is 29.2 Å². The standard InChI is InChI=1S/C21H28FN7O/c1-3-4-13(2)30-21-27-19(23)20-25-12-16(29(20)28-21)11-15-5-6-17(26-18(15)22)14-7-9-24-10-8-14/h5-6,12-14,24H,3-4,7-11H2,1-2H3,(H2,23,27,28). The number of piperidine rings is 1. The minimum absolute atomic E-state index is 0.0250. The number of pyridine rings is 1. The molecule has 1 aliphatic rings. The molecule has 1 fully saturated rings. The van der Waals surface area contributed by atoms with Gasteiger partial charge in [0, 0.05) is 23.6 Å². The second kappa shape index (κ2) is 8.91. The average Bonchev–Trinajstić information content (AvgIpc) is 3.13. The lowest BCUT2D eigenvalue weighted by Crippen LogP contribution is -2.27. The minimum Gasteiger partial charge on any atom is -0.459 e. The van der Waals surface area contributed by atoms with E-state index >= 15 is 0 Å². The molecule has 3 aromatic rings. The summed E-state index contributed by atoms with van der Waals surface area (Å²) in [4.78, 5) is 12.7. The molecule has 1 aliphatic heterocycles. The van der Waals surface area contributed by atoms with E-state index in [2.05, 4.69) is 32.3 Å². The lowest BCUT2D eigenvalue weighted by atomic mass is 9.94. The van der Waals surface area contributed by atoms with Gasteiger partial charge in [0.25, 0.3) is 0 Å². The summed E-state index contributed by atoms with van der Waals surface area (Å²) in [6, 6.07) is 3.94. The van der Waals surface area contributed by atoms with Crippen LogP contribution in [0.4, 0.5) is 10.2 Å². The van der Waals surface area contributed by atoms with Crippen molar-refractivity contribution >= 4 is 11.5 Å². The molecular weight excluding hydrogens is 385 g/mol. The van der Waals surface area contributed by atoms with Crippen LogP contribution in [0.15, 0.2) is 18.3 Å². The van der Waals surface area contributed by atoms with Crippen molar-refractivity contribution in [3.8, 4) is 6.01 Å². The molecule has 4 rings (SSSR count). The van der Waals surface area contributed by atoms with Crippen LogP contribution in [0.25, 0.3) is 5.65 Å². The molecule has 3 aromatic heterocycles. The molecule has 1 unspecified atom stereocenters. The fourth-order valence-electron chi connectivity index (χ4n) is 3.89. The summed E-state index contributed by atoms with van der Waals surface area (Å²) in [5, 5.41) is 7.75. The van der Waals surface area contributed by atoms with Gasteiger partial charge < -0.3 is 15.8 Å². The maximum absolute atomic E-state index is 14.8. The number of nitrogens with two attached hydrogens (primary N) is 1. The summed E-state index contributed by atoms with van der Waals surface area (Å²) in [5.74, 6) is 0.0915. The number of hydrogen-bond acceptors (Lipinski definition) is 7. The van der Waals surface area contributed by atoms with Gasteiger partial charge in [0.2, 0.25) is 5.95 Å². The minimum atomic E-state index is -0.448. The number of anilines is 1. The topological polar surface area (TPSA) is 103 Å². The van der Waals surface area contributed by atoms with Gasteiger partial charge in [0.15, 0.2) is 11.5 Å². The number of nitrogens with zero attached hydrogens (tertiary/aromatic N) is 5. The molecule has 0 aromatic carbocycles. The van der Waals surface area contributed by atoms with E-state index in [4.69, 9.17) is 10.5 Å². The van der Waals surface area contributed by atoms with Gasteiger partial charge in [-0.25, -0.2) is 14.5 Å². The molecule has 4 heterocycles. The van der Waals surface area contributed by atoms with Gasteiger partial charge in [0.05, 0.1) is 18.0 Å². The lowest BCUT2D eigenvalue weighted by Gasteiger charge is -2.22. The van der Waals surface area contributed by atoms with Gasteiger partial charge >= 0.3 is 6.01 Å². The summed E-state index contributed by atoms with van der Waals surface area (Å²) in [5.41, 5.74) is 8.48. The van der Waals surface area contributed by atoms with Gasteiger partial charge in [-0.15, -0.1) is 5.10 Å². The second-order valence-electron chi connectivity index (χ2n) is 7.87. The third kappa shape index (κ3) is 4.35. The highest BCUT2D eigenvalue weighted by molar-refractivity contribution is 5.59. The third-order valence-corrected chi connectivity index (χ3v) is 5.52. The fraction of sp³-hybridized carbons (Fsp3) is 0.524. The second-order valence-corrected chi connectivity index (χ2v) is 7.87. The summed E-state index contributed by atoms with van der Waals surface area (Å²) in [7, 11) is 0. The highest BCUT2D eigenvalue weighted by Gasteiger charge is 2.19. The van der Waals surface area contributed by atoms with Gasteiger partial charge in [-0.1, -0.05) is 19.4 Å². The van der Waals surface area contributed by atoms with Crippen molar-refractivity contribution in [1.82, 2.24) is 29.9 Å². The van der Waals surface area contributed by atoms with Crippen LogP contribution in [-0.2, 0) is 6.42 Å². The van der Waals surface area contributed by atoms with Crippen molar-refractivity contribution in [3.63, 3.8) is 0 Å². The van der Waals surface area contributed by atoms with Crippen molar-refractivity contribution < 1.29 is 9.13 Å². The normalized spacial score (nSPS) is 16.1. The molecular formula is C21H28FN7O. The maximum atomic E-state index is 14.8. The van der Waals surface area contributed by atoms with E-state index < -0.39 is 5.95 Å². The molecule has 1 saturated heterocycles. The number of halogens is 1. The van der Waals surface area contributed by atoms with Crippen molar-refractivity contribution in [1.29, 1.82) is 0 Å². The zero-order chi connectivity index (χ0) is 21.1. The Kier molecular flexibility index (Phi) is 6.08. The zero-order valence-electron chi connectivity index (χ0n) is 17.4. The first-order valence-corrected chi connectivity index (χ1v) is 10.6. The number of imidazole rings is 1. The summed E-state index contributed by atoms with van der Waals surface area (Å²) in [6.45, 7) is 5.94. The Morgan fingerprint density at radius 3 is 2.83 bits per heavy atom. The van der Waals surface area contributed by atoms with E-state index in [1.807, 2.05) is 19.1 Å². The molecule has 9 heteroatoms. The molecule has 0 spiro atoms. The van der Waals surface area contributed by atoms with Crippen LogP contribution in [0, 0.1) is 5.95 Å². The highest BCUT2D eigenvalue weighted by Crippen LogP contribution is 2.25. The Balaban J connectivity index is 1.58. The Bertz CT molecular complexity index is 1020. The summed E-state index contributed by atoms with van der Waals surface area (Å²) in [6.07, 6.45) is 5.76. The fourth-order valence-corrected chi connectivity index (χ4v) is 3.89. The van der Waals surface area contributed by atoms with Crippen molar-refractivity contribution in [2.24, 2.45) is 0 Å². The maximum Gasteiger partial charge on any atom is 0.336 e. The van der Waals surface area contributed by atoms with E-state index in [-0.39, 0.29) is 17.9 Å². The molecule has 1 atom stereocenters. The number of nitrogens with one attached hydrogen (secondary N) is 1. The van der Waals surface area contributed by atoms with Crippen LogP contribution in [0.2, 0.25) is 0 Å².